The van der Waals surface area contributed by atoms with Crippen molar-refractivity contribution in [3.05, 3.63) is 59.4 Å². The molecule has 0 heterocycles. The zero-order valence-electron chi connectivity index (χ0n) is 14.4. The molecule has 0 spiro atoms. The molecule has 0 unspecified atom stereocenters. The molecule has 0 atom stereocenters. The van der Waals surface area contributed by atoms with Crippen molar-refractivity contribution >= 4 is 5.96 Å². The lowest BCUT2D eigenvalue weighted by Gasteiger charge is -2.15. The first-order chi connectivity index (χ1) is 12.5. The van der Waals surface area contributed by atoms with Crippen LogP contribution in [0.1, 0.15) is 11.1 Å². The van der Waals surface area contributed by atoms with Crippen molar-refractivity contribution in [3.8, 4) is 11.5 Å². The Hall–Kier alpha value is -2.90. The molecular formula is C18H20F3N3O2. The Balaban J connectivity index is 1.97. The van der Waals surface area contributed by atoms with E-state index in [1.807, 2.05) is 0 Å². The Morgan fingerprint density at radius 3 is 2.38 bits per heavy atom. The highest BCUT2D eigenvalue weighted by molar-refractivity contribution is 5.79. The average molecular weight is 367 g/mol. The summed E-state index contributed by atoms with van der Waals surface area (Å²) in [6.07, 6.45) is 0. The SMILES string of the molecule is CN=C(NCc1ccc(F)cc1)NCc1ccc(OC)cc1OC(F)F. The van der Waals surface area contributed by atoms with Crippen LogP contribution in [0.5, 0.6) is 11.5 Å². The first kappa shape index (κ1) is 19.4. The van der Waals surface area contributed by atoms with Gasteiger partial charge in [0, 0.05) is 31.8 Å². The first-order valence-corrected chi connectivity index (χ1v) is 7.82. The van der Waals surface area contributed by atoms with E-state index in [1.165, 1.54) is 25.3 Å². The van der Waals surface area contributed by atoms with Crippen molar-refractivity contribution in [2.75, 3.05) is 14.2 Å². The molecule has 2 N–H and O–H groups in total. The highest BCUT2D eigenvalue weighted by Gasteiger charge is 2.12. The maximum atomic E-state index is 12.9. The van der Waals surface area contributed by atoms with E-state index in [0.29, 0.717) is 23.8 Å². The number of aliphatic imine (C=N–C) groups is 1. The van der Waals surface area contributed by atoms with E-state index in [9.17, 15) is 13.2 Å². The lowest BCUT2D eigenvalue weighted by Crippen LogP contribution is -2.36. The predicted molar refractivity (Wildman–Crippen MR) is 93.1 cm³/mol. The number of rotatable bonds is 7. The molecule has 0 fully saturated rings. The van der Waals surface area contributed by atoms with Gasteiger partial charge in [-0.1, -0.05) is 12.1 Å². The predicted octanol–water partition coefficient (Wildman–Crippen LogP) is 3.30. The van der Waals surface area contributed by atoms with Gasteiger partial charge >= 0.3 is 6.61 Å². The van der Waals surface area contributed by atoms with Crippen LogP contribution >= 0.6 is 0 Å². The fraction of sp³-hybridized carbons (Fsp3) is 0.278. The molecule has 2 rings (SSSR count). The summed E-state index contributed by atoms with van der Waals surface area (Å²) in [7, 11) is 3.03. The van der Waals surface area contributed by atoms with Crippen LogP contribution in [0, 0.1) is 5.82 Å². The molecule has 5 nitrogen and oxygen atoms in total. The van der Waals surface area contributed by atoms with Gasteiger partial charge in [-0.2, -0.15) is 8.78 Å². The maximum Gasteiger partial charge on any atom is 0.387 e. The summed E-state index contributed by atoms with van der Waals surface area (Å²) in [6, 6.07) is 10.8. The van der Waals surface area contributed by atoms with E-state index in [-0.39, 0.29) is 18.1 Å². The molecule has 0 radical (unpaired) electrons. The minimum atomic E-state index is -2.93. The molecule has 0 aliphatic carbocycles. The molecule has 2 aromatic rings. The Morgan fingerprint density at radius 2 is 1.77 bits per heavy atom. The molecule has 0 amide bonds. The van der Waals surface area contributed by atoms with E-state index in [4.69, 9.17) is 4.74 Å². The first-order valence-electron chi connectivity index (χ1n) is 7.82. The number of nitrogens with one attached hydrogen (secondary N) is 2. The van der Waals surface area contributed by atoms with Crippen LogP contribution in [0.15, 0.2) is 47.5 Å². The third-order valence-electron chi connectivity index (χ3n) is 3.53. The van der Waals surface area contributed by atoms with Gasteiger partial charge in [0.05, 0.1) is 7.11 Å². The molecular weight excluding hydrogens is 347 g/mol. The number of hydrogen-bond acceptors (Lipinski definition) is 3. The van der Waals surface area contributed by atoms with E-state index in [0.717, 1.165) is 5.56 Å². The standard InChI is InChI=1S/C18H20F3N3O2/c1-22-18(23-10-12-3-6-14(19)7-4-12)24-11-13-5-8-15(25-2)9-16(13)26-17(20)21/h3-9,17H,10-11H2,1-2H3,(H2,22,23,24). The van der Waals surface area contributed by atoms with Crippen molar-refractivity contribution < 1.29 is 22.6 Å². The normalized spacial score (nSPS) is 11.4. The van der Waals surface area contributed by atoms with Gasteiger partial charge in [0.15, 0.2) is 5.96 Å². The molecule has 8 heteroatoms. The zero-order chi connectivity index (χ0) is 18.9. The fourth-order valence-electron chi connectivity index (χ4n) is 2.20. The number of guanidine groups is 1. The average Bonchev–Trinajstić information content (AvgIpc) is 2.63. The number of alkyl halides is 2. The largest absolute Gasteiger partial charge is 0.497 e. The highest BCUT2D eigenvalue weighted by atomic mass is 19.3. The van der Waals surface area contributed by atoms with Crippen molar-refractivity contribution in [3.63, 3.8) is 0 Å². The molecule has 0 aliphatic heterocycles. The quantitative estimate of drug-likeness (QED) is 0.582. The second kappa shape index (κ2) is 9.55. The van der Waals surface area contributed by atoms with Gasteiger partial charge in [0.25, 0.3) is 0 Å². The number of ether oxygens (including phenoxy) is 2. The van der Waals surface area contributed by atoms with Gasteiger partial charge in [-0.05, 0) is 29.8 Å². The van der Waals surface area contributed by atoms with Gasteiger partial charge in [-0.25, -0.2) is 4.39 Å². The second-order valence-electron chi connectivity index (χ2n) is 5.26. The maximum absolute atomic E-state index is 12.9. The molecule has 0 saturated carbocycles. The molecule has 26 heavy (non-hydrogen) atoms. The van der Waals surface area contributed by atoms with E-state index in [1.54, 1.807) is 31.3 Å². The van der Waals surface area contributed by atoms with Gasteiger partial charge in [0.2, 0.25) is 0 Å². The minimum absolute atomic E-state index is 0.0286. The van der Waals surface area contributed by atoms with Crippen molar-refractivity contribution in [2.45, 2.75) is 19.7 Å². The van der Waals surface area contributed by atoms with Gasteiger partial charge in [-0.3, -0.25) is 4.99 Å². The minimum Gasteiger partial charge on any atom is -0.497 e. The van der Waals surface area contributed by atoms with E-state index >= 15 is 0 Å². The smallest absolute Gasteiger partial charge is 0.387 e. The lowest BCUT2D eigenvalue weighted by atomic mass is 10.2. The Labute approximate surface area is 149 Å². The molecule has 2 aromatic carbocycles. The topological polar surface area (TPSA) is 54.9 Å². The fourth-order valence-corrected chi connectivity index (χ4v) is 2.20. The summed E-state index contributed by atoms with van der Waals surface area (Å²) in [6.45, 7) is -2.28. The Bertz CT molecular complexity index is 737. The molecule has 0 aliphatic rings. The second-order valence-corrected chi connectivity index (χ2v) is 5.26. The van der Waals surface area contributed by atoms with Crippen LogP contribution in [-0.2, 0) is 13.1 Å². The van der Waals surface area contributed by atoms with Crippen molar-refractivity contribution in [1.29, 1.82) is 0 Å². The number of halogens is 3. The van der Waals surface area contributed by atoms with Gasteiger partial charge in [0.1, 0.15) is 17.3 Å². The summed E-state index contributed by atoms with van der Waals surface area (Å²) in [5, 5.41) is 6.08. The number of methoxy groups -OCH3 is 1. The van der Waals surface area contributed by atoms with Crippen LogP contribution in [0.2, 0.25) is 0 Å². The zero-order valence-corrected chi connectivity index (χ0v) is 14.4. The Kier molecular flexibility index (Phi) is 7.13. The lowest BCUT2D eigenvalue weighted by molar-refractivity contribution is -0.0505. The van der Waals surface area contributed by atoms with Crippen LogP contribution in [0.25, 0.3) is 0 Å². The van der Waals surface area contributed by atoms with Crippen LogP contribution < -0.4 is 20.1 Å². The van der Waals surface area contributed by atoms with Gasteiger partial charge < -0.3 is 20.1 Å². The monoisotopic (exact) mass is 367 g/mol. The van der Waals surface area contributed by atoms with Crippen molar-refractivity contribution in [1.82, 2.24) is 10.6 Å². The van der Waals surface area contributed by atoms with Gasteiger partial charge in [-0.15, -0.1) is 0 Å². The third kappa shape index (κ3) is 5.87. The summed E-state index contributed by atoms with van der Waals surface area (Å²) < 4.78 is 47.7. The highest BCUT2D eigenvalue weighted by Crippen LogP contribution is 2.26. The van der Waals surface area contributed by atoms with Crippen LogP contribution in [0.4, 0.5) is 13.2 Å². The van der Waals surface area contributed by atoms with E-state index < -0.39 is 6.61 Å². The third-order valence-corrected chi connectivity index (χ3v) is 3.53. The number of nitrogens with zero attached hydrogens (tertiary/aromatic N) is 1. The van der Waals surface area contributed by atoms with E-state index in [2.05, 4.69) is 20.4 Å². The number of benzene rings is 2. The van der Waals surface area contributed by atoms with Crippen LogP contribution in [-0.4, -0.2) is 26.7 Å². The van der Waals surface area contributed by atoms with Crippen molar-refractivity contribution in [2.24, 2.45) is 4.99 Å². The number of hydrogen-bond donors (Lipinski definition) is 2. The molecule has 0 bridgehead atoms. The van der Waals surface area contributed by atoms with Crippen LogP contribution in [0.3, 0.4) is 0 Å². The summed E-state index contributed by atoms with van der Waals surface area (Å²) in [4.78, 5) is 4.07. The summed E-state index contributed by atoms with van der Waals surface area (Å²) >= 11 is 0. The summed E-state index contributed by atoms with van der Waals surface area (Å²) in [5.41, 5.74) is 1.40. The molecule has 140 valence electrons. The summed E-state index contributed by atoms with van der Waals surface area (Å²) in [5.74, 6) is 0.611. The molecule has 0 aromatic heterocycles. The Morgan fingerprint density at radius 1 is 1.08 bits per heavy atom. The molecule has 0 saturated heterocycles.